The van der Waals surface area contributed by atoms with Gasteiger partial charge in [0, 0.05) is 16.7 Å². The highest BCUT2D eigenvalue weighted by molar-refractivity contribution is 5.71. The van der Waals surface area contributed by atoms with Crippen LogP contribution in [0.2, 0.25) is 0 Å². The van der Waals surface area contributed by atoms with Crippen LogP contribution in [0.4, 0.5) is 8.78 Å². The minimum Gasteiger partial charge on any atom is -0.497 e. The van der Waals surface area contributed by atoms with Crippen molar-refractivity contribution in [3.8, 4) is 22.6 Å². The van der Waals surface area contributed by atoms with Crippen LogP contribution in [-0.2, 0) is 16.8 Å². The number of methoxy groups -OCH3 is 1. The Morgan fingerprint density at radius 2 is 1.75 bits per heavy atom. The summed E-state index contributed by atoms with van der Waals surface area (Å²) in [5.41, 5.74) is 1.78. The predicted molar refractivity (Wildman–Crippen MR) is 138 cm³/mol. The maximum Gasteiger partial charge on any atom is 0.303 e. The number of aliphatic carboxylic acids is 1. The lowest BCUT2D eigenvalue weighted by molar-refractivity contribution is -0.137. The quantitative estimate of drug-likeness (QED) is 0.310. The van der Waals surface area contributed by atoms with Gasteiger partial charge in [-0.2, -0.15) is 0 Å². The van der Waals surface area contributed by atoms with E-state index in [1.807, 2.05) is 45.9 Å². The summed E-state index contributed by atoms with van der Waals surface area (Å²) in [5.74, 6) is -0.819. The lowest BCUT2D eigenvalue weighted by Gasteiger charge is -2.26. The van der Waals surface area contributed by atoms with Crippen LogP contribution in [0.25, 0.3) is 11.1 Å². The third-order valence-electron chi connectivity index (χ3n) is 6.22. The fourth-order valence-corrected chi connectivity index (χ4v) is 4.49. The Bertz CT molecular complexity index is 1210. The second-order valence-electron chi connectivity index (χ2n) is 10.0. The number of ether oxygens (including phenoxy) is 2. The molecule has 0 spiro atoms. The largest absolute Gasteiger partial charge is 0.497 e. The topological polar surface area (TPSA) is 55.8 Å². The van der Waals surface area contributed by atoms with Gasteiger partial charge in [-0.25, -0.2) is 8.78 Å². The molecule has 0 fully saturated rings. The normalized spacial score (nSPS) is 12.3. The monoisotopic (exact) mass is 496 g/mol. The van der Waals surface area contributed by atoms with Gasteiger partial charge in [-0.1, -0.05) is 58.4 Å². The first-order chi connectivity index (χ1) is 17.0. The number of hydrogen-bond donors (Lipinski definition) is 1. The molecule has 3 aromatic carbocycles. The summed E-state index contributed by atoms with van der Waals surface area (Å²) in [6.45, 7) is 7.66. The summed E-state index contributed by atoms with van der Waals surface area (Å²) in [4.78, 5) is 11.3. The zero-order valence-electron chi connectivity index (χ0n) is 21.5. The molecule has 0 bridgehead atoms. The van der Waals surface area contributed by atoms with Crippen molar-refractivity contribution in [2.24, 2.45) is 0 Å². The third-order valence-corrected chi connectivity index (χ3v) is 6.22. The van der Waals surface area contributed by atoms with Gasteiger partial charge in [0.2, 0.25) is 0 Å². The van der Waals surface area contributed by atoms with Crippen molar-refractivity contribution in [3.63, 3.8) is 0 Å². The summed E-state index contributed by atoms with van der Waals surface area (Å²) in [6, 6.07) is 15.1. The number of halogens is 2. The molecule has 0 aliphatic heterocycles. The van der Waals surface area contributed by atoms with Gasteiger partial charge in [0.25, 0.3) is 0 Å². The van der Waals surface area contributed by atoms with Crippen molar-refractivity contribution < 1.29 is 28.2 Å². The zero-order chi connectivity index (χ0) is 26.5. The van der Waals surface area contributed by atoms with Crippen LogP contribution in [0.3, 0.4) is 0 Å². The smallest absolute Gasteiger partial charge is 0.303 e. The van der Waals surface area contributed by atoms with Crippen LogP contribution < -0.4 is 9.47 Å². The first-order valence-electron chi connectivity index (χ1n) is 12.2. The molecular weight excluding hydrogens is 462 g/mol. The van der Waals surface area contributed by atoms with Crippen molar-refractivity contribution in [2.45, 2.75) is 64.9 Å². The Hall–Kier alpha value is -3.41. The SMILES string of the molecule is CCC[C@H](CC(=O)O)c1cccc(OCc2ccc(-c3cc(OC)ccc3F)c(C(C)(C)C)c2F)c1. The van der Waals surface area contributed by atoms with E-state index >= 15 is 4.39 Å². The highest BCUT2D eigenvalue weighted by Crippen LogP contribution is 2.39. The maximum atomic E-state index is 15.9. The van der Waals surface area contributed by atoms with Crippen LogP contribution in [0, 0.1) is 11.6 Å². The van der Waals surface area contributed by atoms with Crippen LogP contribution in [-0.4, -0.2) is 18.2 Å². The van der Waals surface area contributed by atoms with Crippen LogP contribution in [0.5, 0.6) is 11.5 Å². The molecule has 3 aromatic rings. The predicted octanol–water partition coefficient (Wildman–Crippen LogP) is 7.88. The van der Waals surface area contributed by atoms with Gasteiger partial charge in [0.15, 0.2) is 0 Å². The molecule has 1 atom stereocenters. The minimum atomic E-state index is -0.843. The molecular formula is C30H34F2O4. The lowest BCUT2D eigenvalue weighted by Crippen LogP contribution is -2.17. The van der Waals surface area contributed by atoms with E-state index in [-0.39, 0.29) is 24.5 Å². The van der Waals surface area contributed by atoms with Gasteiger partial charge in [-0.15, -0.1) is 0 Å². The summed E-state index contributed by atoms with van der Waals surface area (Å²) in [5, 5.41) is 9.26. The maximum absolute atomic E-state index is 15.9. The van der Waals surface area contributed by atoms with Crippen molar-refractivity contribution in [1.82, 2.24) is 0 Å². The summed E-state index contributed by atoms with van der Waals surface area (Å²) in [7, 11) is 1.50. The summed E-state index contributed by atoms with van der Waals surface area (Å²) in [6.07, 6.45) is 1.66. The Balaban J connectivity index is 1.93. The molecule has 0 amide bonds. The Morgan fingerprint density at radius 3 is 2.39 bits per heavy atom. The van der Waals surface area contributed by atoms with Crippen LogP contribution in [0.1, 0.15) is 69.6 Å². The average molecular weight is 497 g/mol. The Kier molecular flexibility index (Phi) is 8.72. The van der Waals surface area contributed by atoms with Crippen molar-refractivity contribution in [1.29, 1.82) is 0 Å². The molecule has 6 heteroatoms. The first kappa shape index (κ1) is 27.2. The van der Waals surface area contributed by atoms with Crippen LogP contribution >= 0.6 is 0 Å². The van der Waals surface area contributed by atoms with E-state index in [1.54, 1.807) is 24.3 Å². The average Bonchev–Trinajstić information content (AvgIpc) is 2.82. The molecule has 192 valence electrons. The van der Waals surface area contributed by atoms with Gasteiger partial charge in [0.05, 0.1) is 13.5 Å². The first-order valence-corrected chi connectivity index (χ1v) is 12.2. The molecule has 0 aliphatic rings. The molecule has 0 aromatic heterocycles. The van der Waals surface area contributed by atoms with Crippen molar-refractivity contribution in [3.05, 3.63) is 82.9 Å². The fourth-order valence-electron chi connectivity index (χ4n) is 4.49. The molecule has 1 N–H and O–H groups in total. The van der Waals surface area contributed by atoms with E-state index in [9.17, 15) is 14.3 Å². The number of carboxylic acids is 1. The highest BCUT2D eigenvalue weighted by atomic mass is 19.1. The van der Waals surface area contributed by atoms with Crippen molar-refractivity contribution in [2.75, 3.05) is 7.11 Å². The lowest BCUT2D eigenvalue weighted by atomic mass is 9.80. The number of carboxylic acid groups (broad SMARTS) is 1. The highest BCUT2D eigenvalue weighted by Gasteiger charge is 2.27. The number of hydrogen-bond acceptors (Lipinski definition) is 3. The minimum absolute atomic E-state index is 0.0172. The van der Waals surface area contributed by atoms with Gasteiger partial charge in [0.1, 0.15) is 29.7 Å². The number of carbonyl (C=O) groups is 1. The number of benzene rings is 3. The summed E-state index contributed by atoms with van der Waals surface area (Å²) < 4.78 is 41.8. The molecule has 0 aliphatic carbocycles. The van der Waals surface area contributed by atoms with E-state index in [0.717, 1.165) is 18.4 Å². The molecule has 0 radical (unpaired) electrons. The Labute approximate surface area is 211 Å². The standard InChI is InChI=1S/C30H34F2O4/c1-6-8-19(16-27(33)34)20-9-7-10-23(15-20)36-18-21-11-13-24(28(29(21)32)30(2,3)4)25-17-22(35-5)12-14-26(25)31/h7,9-15,17,19H,6,8,16,18H2,1-5H3,(H,33,34)/t19-/m1/s1. The second kappa shape index (κ2) is 11.5. The van der Waals surface area contributed by atoms with Crippen LogP contribution in [0.15, 0.2) is 54.6 Å². The fraction of sp³-hybridized carbons (Fsp3) is 0.367. The van der Waals surface area contributed by atoms with Gasteiger partial charge in [-0.05, 0) is 59.2 Å². The van der Waals surface area contributed by atoms with E-state index < -0.39 is 23.0 Å². The molecule has 36 heavy (non-hydrogen) atoms. The second-order valence-corrected chi connectivity index (χ2v) is 10.0. The molecule has 4 nitrogen and oxygen atoms in total. The molecule has 0 saturated heterocycles. The number of rotatable bonds is 10. The molecule has 0 heterocycles. The van der Waals surface area contributed by atoms with E-state index in [1.165, 1.54) is 19.2 Å². The van der Waals surface area contributed by atoms with Gasteiger partial charge < -0.3 is 14.6 Å². The van der Waals surface area contributed by atoms with Gasteiger partial charge in [-0.3, -0.25) is 4.79 Å². The van der Waals surface area contributed by atoms with E-state index in [2.05, 4.69) is 0 Å². The molecule has 0 unspecified atom stereocenters. The molecule has 3 rings (SSSR count). The summed E-state index contributed by atoms with van der Waals surface area (Å²) >= 11 is 0. The zero-order valence-corrected chi connectivity index (χ0v) is 21.5. The van der Waals surface area contributed by atoms with E-state index in [4.69, 9.17) is 9.47 Å². The van der Waals surface area contributed by atoms with E-state index in [0.29, 0.717) is 28.2 Å². The third kappa shape index (κ3) is 6.42. The van der Waals surface area contributed by atoms with Crippen molar-refractivity contribution >= 4 is 5.97 Å². The molecule has 0 saturated carbocycles. The Morgan fingerprint density at radius 1 is 1.00 bits per heavy atom. The van der Waals surface area contributed by atoms with Gasteiger partial charge >= 0.3 is 5.97 Å².